The maximum atomic E-state index is 11.5. The van der Waals surface area contributed by atoms with Gasteiger partial charge >= 0.3 is 5.97 Å². The van der Waals surface area contributed by atoms with Crippen LogP contribution in [0.25, 0.3) is 0 Å². The molecule has 0 heterocycles. The first-order chi connectivity index (χ1) is 12.2. The van der Waals surface area contributed by atoms with Crippen molar-refractivity contribution >= 4 is 5.97 Å². The highest BCUT2D eigenvalue weighted by Gasteiger charge is 2.09. The van der Waals surface area contributed by atoms with Gasteiger partial charge in [-0.1, -0.05) is 110 Å². The van der Waals surface area contributed by atoms with E-state index in [1.165, 1.54) is 83.5 Å². The quantitative estimate of drug-likeness (QED) is 0.155. The summed E-state index contributed by atoms with van der Waals surface area (Å²) in [5.41, 5.74) is 0. The summed E-state index contributed by atoms with van der Waals surface area (Å²) in [5.74, 6) is -0.254. The van der Waals surface area contributed by atoms with Gasteiger partial charge < -0.3 is 9.84 Å². The molecule has 0 rings (SSSR count). The Morgan fingerprint density at radius 3 is 1.48 bits per heavy atom. The van der Waals surface area contributed by atoms with Crippen LogP contribution in [0.3, 0.4) is 0 Å². The molecule has 3 heteroatoms. The van der Waals surface area contributed by atoms with Crippen LogP contribution in [0.15, 0.2) is 0 Å². The number of esters is 1. The summed E-state index contributed by atoms with van der Waals surface area (Å²) in [5, 5.41) is 9.40. The Morgan fingerprint density at radius 2 is 1.08 bits per heavy atom. The third kappa shape index (κ3) is 19.6. The van der Waals surface area contributed by atoms with Gasteiger partial charge in [-0.25, -0.2) is 0 Å². The molecule has 0 saturated carbocycles. The van der Waals surface area contributed by atoms with Gasteiger partial charge in [0, 0.05) is 12.8 Å². The van der Waals surface area contributed by atoms with Crippen molar-refractivity contribution in [3.63, 3.8) is 0 Å². The molecule has 25 heavy (non-hydrogen) atoms. The maximum Gasteiger partial charge on any atom is 0.308 e. The Balaban J connectivity index is 3.15. The van der Waals surface area contributed by atoms with E-state index < -0.39 is 6.29 Å². The first-order valence-electron chi connectivity index (χ1n) is 11.1. The summed E-state index contributed by atoms with van der Waals surface area (Å²) < 4.78 is 4.93. The normalized spacial score (nSPS) is 12.3. The van der Waals surface area contributed by atoms with Gasteiger partial charge in [-0.05, 0) is 6.42 Å². The monoisotopic (exact) mass is 356 g/mol. The Kier molecular flexibility index (Phi) is 19.3. The molecule has 0 spiro atoms. The number of carbonyl (C=O) groups excluding carboxylic acids is 1. The predicted octanol–water partition coefficient (Wildman–Crippen LogP) is 6.91. The highest BCUT2D eigenvalue weighted by Crippen LogP contribution is 2.14. The topological polar surface area (TPSA) is 46.5 Å². The van der Waals surface area contributed by atoms with E-state index in [1.54, 1.807) is 0 Å². The van der Waals surface area contributed by atoms with Crippen molar-refractivity contribution in [1.82, 2.24) is 0 Å². The van der Waals surface area contributed by atoms with Crippen LogP contribution in [0.5, 0.6) is 0 Å². The van der Waals surface area contributed by atoms with Crippen LogP contribution in [0.1, 0.15) is 129 Å². The number of unbranched alkanes of at least 4 members (excludes halogenated alkanes) is 14. The van der Waals surface area contributed by atoms with Crippen molar-refractivity contribution in [2.45, 2.75) is 136 Å². The third-order valence-corrected chi connectivity index (χ3v) is 4.79. The molecule has 0 aliphatic carbocycles. The van der Waals surface area contributed by atoms with Gasteiger partial charge in [0.05, 0.1) is 0 Å². The zero-order valence-electron chi connectivity index (χ0n) is 17.1. The van der Waals surface area contributed by atoms with Crippen molar-refractivity contribution < 1.29 is 14.6 Å². The Bertz CT molecular complexity index is 278. The van der Waals surface area contributed by atoms with E-state index in [9.17, 15) is 9.90 Å². The second kappa shape index (κ2) is 19.8. The molecule has 0 saturated heterocycles. The molecule has 0 aromatic heterocycles. The molecule has 0 aromatic rings. The highest BCUT2D eigenvalue weighted by molar-refractivity contribution is 5.69. The van der Waals surface area contributed by atoms with Gasteiger partial charge in [0.2, 0.25) is 6.29 Å². The summed E-state index contributed by atoms with van der Waals surface area (Å²) >= 11 is 0. The van der Waals surface area contributed by atoms with Crippen LogP contribution in [0.2, 0.25) is 0 Å². The van der Waals surface area contributed by atoms with E-state index in [-0.39, 0.29) is 5.97 Å². The summed E-state index contributed by atoms with van der Waals surface area (Å²) in [4.78, 5) is 11.5. The standard InChI is InChI=1S/C22H44O3/c1-3-5-6-7-8-9-10-11-12-13-14-15-16-17-18-20-22(24)25-21(23)19-4-2/h21,23H,3-20H2,1-2H3. The molecule has 3 nitrogen and oxygen atoms in total. The fraction of sp³-hybridized carbons (Fsp3) is 0.955. The number of aliphatic hydroxyl groups is 1. The maximum absolute atomic E-state index is 11.5. The van der Waals surface area contributed by atoms with E-state index in [0.717, 1.165) is 19.3 Å². The molecule has 150 valence electrons. The van der Waals surface area contributed by atoms with Crippen molar-refractivity contribution in [2.24, 2.45) is 0 Å². The third-order valence-electron chi connectivity index (χ3n) is 4.79. The highest BCUT2D eigenvalue weighted by atomic mass is 16.6. The van der Waals surface area contributed by atoms with Gasteiger partial charge in [-0.15, -0.1) is 0 Å². The lowest BCUT2D eigenvalue weighted by atomic mass is 10.0. The number of aliphatic hydroxyl groups excluding tert-OH is 1. The Morgan fingerprint density at radius 1 is 0.680 bits per heavy atom. The molecule has 1 unspecified atom stereocenters. The van der Waals surface area contributed by atoms with Crippen LogP contribution in [-0.4, -0.2) is 17.4 Å². The van der Waals surface area contributed by atoms with Crippen LogP contribution in [0.4, 0.5) is 0 Å². The summed E-state index contributed by atoms with van der Waals surface area (Å²) in [7, 11) is 0. The zero-order chi connectivity index (χ0) is 18.6. The molecular weight excluding hydrogens is 312 g/mol. The van der Waals surface area contributed by atoms with E-state index in [2.05, 4.69) is 6.92 Å². The van der Waals surface area contributed by atoms with E-state index >= 15 is 0 Å². The molecule has 0 bridgehead atoms. The first kappa shape index (κ1) is 24.4. The Labute approximate surface area is 156 Å². The largest absolute Gasteiger partial charge is 0.436 e. The van der Waals surface area contributed by atoms with Gasteiger partial charge in [0.1, 0.15) is 0 Å². The molecule has 1 N–H and O–H groups in total. The minimum atomic E-state index is -0.908. The first-order valence-corrected chi connectivity index (χ1v) is 11.1. The van der Waals surface area contributed by atoms with E-state index in [1.807, 2.05) is 6.92 Å². The SMILES string of the molecule is CCCCCCCCCCCCCCCCCC(=O)OC(O)CCC. The van der Waals surface area contributed by atoms with Crippen molar-refractivity contribution in [3.05, 3.63) is 0 Å². The lowest BCUT2D eigenvalue weighted by Gasteiger charge is -2.10. The smallest absolute Gasteiger partial charge is 0.308 e. The minimum absolute atomic E-state index is 0.254. The van der Waals surface area contributed by atoms with Crippen LogP contribution < -0.4 is 0 Å². The van der Waals surface area contributed by atoms with Crippen LogP contribution in [-0.2, 0) is 9.53 Å². The molecule has 0 aliphatic rings. The van der Waals surface area contributed by atoms with Gasteiger partial charge in [0.15, 0.2) is 0 Å². The number of rotatable bonds is 19. The fourth-order valence-corrected chi connectivity index (χ4v) is 3.16. The molecule has 0 amide bonds. The second-order valence-electron chi connectivity index (χ2n) is 7.43. The minimum Gasteiger partial charge on any atom is -0.436 e. The van der Waals surface area contributed by atoms with E-state index in [4.69, 9.17) is 4.74 Å². The van der Waals surface area contributed by atoms with Crippen LogP contribution >= 0.6 is 0 Å². The molecular formula is C22H44O3. The molecule has 0 fully saturated rings. The van der Waals surface area contributed by atoms with E-state index in [0.29, 0.717) is 12.8 Å². The van der Waals surface area contributed by atoms with Crippen molar-refractivity contribution in [3.8, 4) is 0 Å². The zero-order valence-corrected chi connectivity index (χ0v) is 17.1. The summed E-state index contributed by atoms with van der Waals surface area (Å²) in [6.45, 7) is 4.24. The molecule has 0 radical (unpaired) electrons. The average Bonchev–Trinajstić information content (AvgIpc) is 2.58. The second-order valence-corrected chi connectivity index (χ2v) is 7.43. The predicted molar refractivity (Wildman–Crippen MR) is 107 cm³/mol. The molecule has 1 atom stereocenters. The number of ether oxygens (including phenoxy) is 1. The number of hydrogen-bond donors (Lipinski definition) is 1. The van der Waals surface area contributed by atoms with Gasteiger partial charge in [0.25, 0.3) is 0 Å². The molecule has 0 aromatic carbocycles. The summed E-state index contributed by atoms with van der Waals surface area (Å²) in [6.07, 6.45) is 20.7. The average molecular weight is 357 g/mol. The van der Waals surface area contributed by atoms with Crippen molar-refractivity contribution in [2.75, 3.05) is 0 Å². The van der Waals surface area contributed by atoms with Crippen molar-refractivity contribution in [1.29, 1.82) is 0 Å². The van der Waals surface area contributed by atoms with Gasteiger partial charge in [-0.2, -0.15) is 0 Å². The number of hydrogen-bond acceptors (Lipinski definition) is 3. The van der Waals surface area contributed by atoms with Crippen LogP contribution in [0, 0.1) is 0 Å². The summed E-state index contributed by atoms with van der Waals surface area (Å²) in [6, 6.07) is 0. The van der Waals surface area contributed by atoms with Gasteiger partial charge in [-0.3, -0.25) is 4.79 Å². The lowest BCUT2D eigenvalue weighted by Crippen LogP contribution is -2.16. The fourth-order valence-electron chi connectivity index (χ4n) is 3.16. The molecule has 0 aliphatic heterocycles. The number of carbonyl (C=O) groups is 1. The lowest BCUT2D eigenvalue weighted by molar-refractivity contribution is -0.168. The Hall–Kier alpha value is -0.570.